The molecule has 1 amide bonds. The molecule has 1 heterocycles. The van der Waals surface area contributed by atoms with Crippen LogP contribution in [0.5, 0.6) is 0 Å². The summed E-state index contributed by atoms with van der Waals surface area (Å²) in [5, 5.41) is 0. The number of nitrogens with zero attached hydrogens (tertiary/aromatic N) is 1. The van der Waals surface area contributed by atoms with E-state index >= 15 is 0 Å². The SMILES string of the molecule is C/C=C1/CN(C)C(=O)/C1=C/C.CC.CC.CC. The maximum Gasteiger partial charge on any atom is 0.253 e. The lowest BCUT2D eigenvalue weighted by molar-refractivity contribution is -0.123. The average Bonchev–Trinajstić information content (AvgIpc) is 2.71. The number of likely N-dealkylation sites (N-methyl/N-ethyl adjacent to an activating group) is 1. The van der Waals surface area contributed by atoms with Crippen molar-refractivity contribution < 1.29 is 4.79 Å². The Morgan fingerprint density at radius 2 is 1.35 bits per heavy atom. The van der Waals surface area contributed by atoms with Crippen molar-refractivity contribution in [2.75, 3.05) is 13.6 Å². The summed E-state index contributed by atoms with van der Waals surface area (Å²) in [6.45, 7) is 16.6. The highest BCUT2D eigenvalue weighted by molar-refractivity contribution is 6.01. The van der Waals surface area contributed by atoms with Gasteiger partial charge in [-0.15, -0.1) is 0 Å². The van der Waals surface area contributed by atoms with E-state index in [9.17, 15) is 4.79 Å². The Morgan fingerprint density at radius 3 is 1.59 bits per heavy atom. The van der Waals surface area contributed by atoms with E-state index < -0.39 is 0 Å². The zero-order chi connectivity index (χ0) is 14.4. The fourth-order valence-corrected chi connectivity index (χ4v) is 1.31. The number of allylic oxidation sites excluding steroid dienone is 2. The molecule has 1 aliphatic rings. The lowest BCUT2D eigenvalue weighted by atomic mass is 10.1. The molecule has 102 valence electrons. The van der Waals surface area contributed by atoms with Gasteiger partial charge >= 0.3 is 0 Å². The number of hydrogen-bond donors (Lipinski definition) is 0. The van der Waals surface area contributed by atoms with Gasteiger partial charge in [0.1, 0.15) is 0 Å². The molecule has 1 fully saturated rings. The topological polar surface area (TPSA) is 20.3 Å². The van der Waals surface area contributed by atoms with Gasteiger partial charge in [0.15, 0.2) is 0 Å². The van der Waals surface area contributed by atoms with Gasteiger partial charge in [-0.05, 0) is 19.4 Å². The molecule has 2 nitrogen and oxygen atoms in total. The summed E-state index contributed by atoms with van der Waals surface area (Å²) in [4.78, 5) is 13.0. The first-order chi connectivity index (χ1) is 8.20. The van der Waals surface area contributed by atoms with Crippen LogP contribution in [0, 0.1) is 0 Å². The maximum atomic E-state index is 11.3. The highest BCUT2D eigenvalue weighted by atomic mass is 16.2. The molecule has 2 heteroatoms. The monoisotopic (exact) mass is 241 g/mol. The predicted molar refractivity (Wildman–Crippen MR) is 79.2 cm³/mol. The van der Waals surface area contributed by atoms with Gasteiger partial charge < -0.3 is 4.90 Å². The summed E-state index contributed by atoms with van der Waals surface area (Å²) in [5.74, 6) is 0.139. The second kappa shape index (κ2) is 14.9. The molecule has 0 spiro atoms. The molecular formula is C15H31NO. The lowest BCUT2D eigenvalue weighted by Gasteiger charge is -2.03. The fourth-order valence-electron chi connectivity index (χ4n) is 1.31. The maximum absolute atomic E-state index is 11.3. The summed E-state index contributed by atoms with van der Waals surface area (Å²) < 4.78 is 0. The number of hydrogen-bond acceptors (Lipinski definition) is 1. The van der Waals surface area contributed by atoms with Crippen molar-refractivity contribution in [2.45, 2.75) is 55.4 Å². The zero-order valence-electron chi connectivity index (χ0n) is 13.2. The third kappa shape index (κ3) is 6.98. The molecule has 0 saturated carbocycles. The van der Waals surface area contributed by atoms with E-state index in [4.69, 9.17) is 0 Å². The Kier molecular flexibility index (Phi) is 18.7. The molecular weight excluding hydrogens is 210 g/mol. The van der Waals surface area contributed by atoms with Crippen molar-refractivity contribution in [3.8, 4) is 0 Å². The van der Waals surface area contributed by atoms with Crippen LogP contribution in [0.2, 0.25) is 0 Å². The minimum Gasteiger partial charge on any atom is -0.337 e. The Morgan fingerprint density at radius 1 is 0.941 bits per heavy atom. The summed E-state index contributed by atoms with van der Waals surface area (Å²) in [5.41, 5.74) is 2.00. The first-order valence-corrected chi connectivity index (χ1v) is 6.78. The molecule has 1 rings (SSSR count). The van der Waals surface area contributed by atoms with Crippen molar-refractivity contribution in [3.63, 3.8) is 0 Å². The van der Waals surface area contributed by atoms with Gasteiger partial charge in [0.2, 0.25) is 0 Å². The van der Waals surface area contributed by atoms with Crippen molar-refractivity contribution in [2.24, 2.45) is 0 Å². The molecule has 0 aromatic carbocycles. The van der Waals surface area contributed by atoms with Gasteiger partial charge in [-0.2, -0.15) is 0 Å². The van der Waals surface area contributed by atoms with E-state index in [-0.39, 0.29) is 5.91 Å². The predicted octanol–water partition coefficient (Wildman–Crippen LogP) is 4.43. The lowest BCUT2D eigenvalue weighted by Crippen LogP contribution is -2.18. The number of likely N-dealkylation sites (tertiary alicyclic amines) is 1. The number of amides is 1. The Labute approximate surface area is 108 Å². The van der Waals surface area contributed by atoms with Crippen LogP contribution in [-0.2, 0) is 4.79 Å². The molecule has 0 aromatic heterocycles. The van der Waals surface area contributed by atoms with Gasteiger partial charge in [-0.1, -0.05) is 53.7 Å². The molecule has 0 N–H and O–H groups in total. The second-order valence-corrected chi connectivity index (χ2v) is 2.68. The minimum atomic E-state index is 0.139. The number of carbonyl (C=O) groups excluding carboxylic acids is 1. The molecule has 0 atom stereocenters. The van der Waals surface area contributed by atoms with Crippen molar-refractivity contribution in [1.82, 2.24) is 4.90 Å². The fraction of sp³-hybridized carbons (Fsp3) is 0.667. The Hall–Kier alpha value is -1.05. The highest BCUT2D eigenvalue weighted by Gasteiger charge is 2.25. The smallest absolute Gasteiger partial charge is 0.253 e. The first-order valence-electron chi connectivity index (χ1n) is 6.78. The molecule has 0 unspecified atom stereocenters. The van der Waals surface area contributed by atoms with Crippen molar-refractivity contribution in [1.29, 1.82) is 0 Å². The summed E-state index contributed by atoms with van der Waals surface area (Å²) in [7, 11) is 1.82. The third-order valence-electron chi connectivity index (χ3n) is 1.97. The van der Waals surface area contributed by atoms with E-state index in [2.05, 4.69) is 0 Å². The van der Waals surface area contributed by atoms with Gasteiger partial charge in [0.25, 0.3) is 5.91 Å². The van der Waals surface area contributed by atoms with Crippen LogP contribution in [0.3, 0.4) is 0 Å². The van der Waals surface area contributed by atoms with Crippen LogP contribution in [0.15, 0.2) is 23.3 Å². The van der Waals surface area contributed by atoms with Gasteiger partial charge in [-0.3, -0.25) is 4.79 Å². The average molecular weight is 241 g/mol. The van der Waals surface area contributed by atoms with Crippen LogP contribution in [0.1, 0.15) is 55.4 Å². The van der Waals surface area contributed by atoms with E-state index in [1.165, 1.54) is 0 Å². The van der Waals surface area contributed by atoms with Crippen LogP contribution in [-0.4, -0.2) is 24.4 Å². The van der Waals surface area contributed by atoms with Gasteiger partial charge in [-0.25, -0.2) is 0 Å². The molecule has 0 bridgehead atoms. The number of rotatable bonds is 0. The molecule has 0 aliphatic carbocycles. The van der Waals surface area contributed by atoms with Gasteiger partial charge in [0.05, 0.1) is 0 Å². The molecule has 1 aliphatic heterocycles. The van der Waals surface area contributed by atoms with Crippen molar-refractivity contribution in [3.05, 3.63) is 23.3 Å². The Bertz CT molecular complexity index is 239. The van der Waals surface area contributed by atoms with Crippen molar-refractivity contribution >= 4 is 5.91 Å². The standard InChI is InChI=1S/C9H13NO.3C2H6/c1-4-7-6-10(3)9(11)8(7)5-2;3*1-2/h4-5H,6H2,1-3H3;3*1-2H3/b7-4-,8-5+;;;. The van der Waals surface area contributed by atoms with Crippen LogP contribution in [0.4, 0.5) is 0 Å². The first kappa shape index (κ1) is 21.3. The normalized spacial score (nSPS) is 17.7. The van der Waals surface area contributed by atoms with E-state index in [1.807, 2.05) is 74.6 Å². The van der Waals surface area contributed by atoms with E-state index in [1.54, 1.807) is 4.90 Å². The molecule has 17 heavy (non-hydrogen) atoms. The molecule has 1 saturated heterocycles. The summed E-state index contributed by atoms with van der Waals surface area (Å²) >= 11 is 0. The second-order valence-electron chi connectivity index (χ2n) is 2.68. The highest BCUT2D eigenvalue weighted by Crippen LogP contribution is 2.21. The minimum absolute atomic E-state index is 0.139. The van der Waals surface area contributed by atoms with E-state index in [0.29, 0.717) is 0 Å². The van der Waals surface area contributed by atoms with E-state index in [0.717, 1.165) is 17.7 Å². The van der Waals surface area contributed by atoms with Crippen LogP contribution in [0.25, 0.3) is 0 Å². The van der Waals surface area contributed by atoms with Gasteiger partial charge in [0, 0.05) is 19.2 Å². The summed E-state index contributed by atoms with van der Waals surface area (Å²) in [6, 6.07) is 0. The Balaban J connectivity index is -0.000000285. The third-order valence-corrected chi connectivity index (χ3v) is 1.97. The number of carbonyl (C=O) groups is 1. The largest absolute Gasteiger partial charge is 0.337 e. The zero-order valence-corrected chi connectivity index (χ0v) is 13.2. The summed E-state index contributed by atoms with van der Waals surface area (Å²) in [6.07, 6.45) is 3.87. The molecule has 0 aromatic rings. The quantitative estimate of drug-likeness (QED) is 0.575. The van der Waals surface area contributed by atoms with Crippen LogP contribution >= 0.6 is 0 Å². The van der Waals surface area contributed by atoms with Crippen LogP contribution < -0.4 is 0 Å². The molecule has 0 radical (unpaired) electrons.